The van der Waals surface area contributed by atoms with Crippen molar-refractivity contribution in [2.75, 3.05) is 0 Å². The minimum absolute atomic E-state index is 0.203. The molecule has 1 aliphatic rings. The second-order valence-electron chi connectivity index (χ2n) is 8.44. The number of rotatable bonds is 2. The maximum atomic E-state index is 13.1. The number of Topliss-reactive ketones (excluding diaryl/α,β-unsaturated/α-hetero) is 2. The van der Waals surface area contributed by atoms with Crippen molar-refractivity contribution >= 4 is 61.1 Å². The molecular formula is C28H16N2O3S. The zero-order valence-electron chi connectivity index (χ0n) is 18.0. The number of aryl methyl sites for hydroxylation is 1. The molecule has 162 valence electrons. The van der Waals surface area contributed by atoms with E-state index >= 15 is 0 Å². The molecule has 5 nitrogen and oxygen atoms in total. The topological polar surface area (TPSA) is 65.1 Å². The van der Waals surface area contributed by atoms with Crippen molar-refractivity contribution in [3.8, 4) is 11.6 Å². The number of furan rings is 1. The van der Waals surface area contributed by atoms with Crippen molar-refractivity contribution in [1.82, 2.24) is 9.55 Å². The molecule has 1 aliphatic carbocycles. The molecule has 3 aromatic carbocycles. The van der Waals surface area contributed by atoms with Crippen LogP contribution in [0.4, 0.5) is 0 Å². The average Bonchev–Trinajstić information content (AvgIpc) is 3.58. The highest BCUT2D eigenvalue weighted by atomic mass is 32.1. The van der Waals surface area contributed by atoms with Gasteiger partial charge >= 0.3 is 0 Å². The van der Waals surface area contributed by atoms with Gasteiger partial charge in [-0.2, -0.15) is 0 Å². The zero-order chi connectivity index (χ0) is 23.0. The van der Waals surface area contributed by atoms with E-state index in [-0.39, 0.29) is 17.1 Å². The van der Waals surface area contributed by atoms with Gasteiger partial charge in [-0.3, -0.25) is 9.59 Å². The van der Waals surface area contributed by atoms with E-state index in [9.17, 15) is 9.59 Å². The maximum absolute atomic E-state index is 13.1. The highest BCUT2D eigenvalue weighted by Gasteiger charge is 2.33. The number of ketones is 2. The number of carbonyl (C=O) groups excluding carboxylic acids is 2. The Morgan fingerprint density at radius 2 is 1.50 bits per heavy atom. The Hall–Kier alpha value is -4.29. The summed E-state index contributed by atoms with van der Waals surface area (Å²) < 4.78 is 7.97. The summed E-state index contributed by atoms with van der Waals surface area (Å²) in [5.41, 5.74) is 2.89. The second kappa shape index (κ2) is 6.85. The van der Waals surface area contributed by atoms with Gasteiger partial charge in [-0.25, -0.2) is 4.98 Å². The molecule has 0 saturated carbocycles. The predicted molar refractivity (Wildman–Crippen MR) is 134 cm³/mol. The number of fused-ring (bicyclic) bond motifs is 4. The van der Waals surface area contributed by atoms with E-state index in [4.69, 9.17) is 9.40 Å². The number of aromatic nitrogens is 2. The highest BCUT2D eigenvalue weighted by molar-refractivity contribution is 7.19. The maximum Gasteiger partial charge on any atom is 0.197 e. The first-order valence-corrected chi connectivity index (χ1v) is 11.7. The molecule has 3 aromatic heterocycles. The summed E-state index contributed by atoms with van der Waals surface area (Å²) in [6.07, 6.45) is 1.70. The molecule has 0 saturated heterocycles. The highest BCUT2D eigenvalue weighted by Crippen LogP contribution is 2.36. The predicted octanol–water partition coefficient (Wildman–Crippen LogP) is 6.66. The number of hydrogen-bond donors (Lipinski definition) is 0. The van der Waals surface area contributed by atoms with E-state index in [0.717, 1.165) is 42.8 Å². The van der Waals surface area contributed by atoms with Crippen LogP contribution in [0.3, 0.4) is 0 Å². The summed E-state index contributed by atoms with van der Waals surface area (Å²) in [5, 5.41) is 2.93. The Labute approximate surface area is 197 Å². The van der Waals surface area contributed by atoms with Crippen molar-refractivity contribution in [2.45, 2.75) is 0 Å². The summed E-state index contributed by atoms with van der Waals surface area (Å²) in [4.78, 5) is 32.6. The average molecular weight is 461 g/mol. The number of hydrogen-bond acceptors (Lipinski definition) is 5. The molecular weight excluding hydrogens is 444 g/mol. The van der Waals surface area contributed by atoms with Crippen LogP contribution in [0.2, 0.25) is 0 Å². The normalized spacial score (nSPS) is 13.5. The largest absolute Gasteiger partial charge is 0.453 e. The lowest BCUT2D eigenvalue weighted by molar-refractivity contribution is 0.0990. The van der Waals surface area contributed by atoms with Crippen LogP contribution in [0.5, 0.6) is 0 Å². The molecule has 7 rings (SSSR count). The van der Waals surface area contributed by atoms with Crippen molar-refractivity contribution in [1.29, 1.82) is 0 Å². The molecule has 0 spiro atoms. The van der Waals surface area contributed by atoms with E-state index in [1.807, 2.05) is 84.4 Å². The van der Waals surface area contributed by atoms with Crippen LogP contribution in [0.25, 0.3) is 49.7 Å². The standard InChI is InChI=1S/C28H16N2O3S/c1-30-22-14-18(34-28(22)29-27(30)24-12-17-8-4-5-9-23(17)33-24)13-21-25(31)19-10-15-6-2-3-7-16(15)11-20(19)26(21)32/h2-14H,1H3. The number of nitrogens with zero attached hydrogens (tertiary/aromatic N) is 2. The zero-order valence-corrected chi connectivity index (χ0v) is 18.8. The van der Waals surface area contributed by atoms with Crippen LogP contribution < -0.4 is 0 Å². The molecule has 0 N–H and O–H groups in total. The van der Waals surface area contributed by atoms with E-state index < -0.39 is 0 Å². The van der Waals surface area contributed by atoms with Gasteiger partial charge in [0.1, 0.15) is 10.4 Å². The van der Waals surface area contributed by atoms with Gasteiger partial charge in [-0.05, 0) is 47.2 Å². The summed E-state index contributed by atoms with van der Waals surface area (Å²) in [6.45, 7) is 0. The Morgan fingerprint density at radius 3 is 2.15 bits per heavy atom. The molecule has 0 amide bonds. The summed E-state index contributed by atoms with van der Waals surface area (Å²) in [6, 6.07) is 23.2. The van der Waals surface area contributed by atoms with Gasteiger partial charge in [0.25, 0.3) is 0 Å². The van der Waals surface area contributed by atoms with Crippen molar-refractivity contribution < 1.29 is 14.0 Å². The van der Waals surface area contributed by atoms with Crippen LogP contribution in [-0.4, -0.2) is 21.1 Å². The van der Waals surface area contributed by atoms with Gasteiger partial charge in [0, 0.05) is 28.4 Å². The smallest absolute Gasteiger partial charge is 0.197 e. The third-order valence-electron chi connectivity index (χ3n) is 6.40. The molecule has 0 bridgehead atoms. The first-order chi connectivity index (χ1) is 16.6. The summed E-state index contributed by atoms with van der Waals surface area (Å²) in [5.74, 6) is 0.998. The van der Waals surface area contributed by atoms with Gasteiger partial charge in [-0.15, -0.1) is 11.3 Å². The molecule has 0 atom stereocenters. The fourth-order valence-electron chi connectivity index (χ4n) is 4.66. The van der Waals surface area contributed by atoms with Crippen LogP contribution in [0.1, 0.15) is 25.6 Å². The number of benzene rings is 3. The molecule has 6 aromatic rings. The lowest BCUT2D eigenvalue weighted by Gasteiger charge is -2.00. The first-order valence-electron chi connectivity index (χ1n) is 10.9. The number of imidazole rings is 1. The minimum Gasteiger partial charge on any atom is -0.453 e. The fraction of sp³-hybridized carbons (Fsp3) is 0.0357. The van der Waals surface area contributed by atoms with Gasteiger partial charge in [0.05, 0.1) is 11.1 Å². The molecule has 0 fully saturated rings. The van der Waals surface area contributed by atoms with Gasteiger partial charge < -0.3 is 8.98 Å². The Balaban J connectivity index is 1.29. The van der Waals surface area contributed by atoms with Crippen LogP contribution >= 0.6 is 11.3 Å². The van der Waals surface area contributed by atoms with E-state index in [2.05, 4.69) is 0 Å². The Bertz CT molecular complexity index is 1780. The van der Waals surface area contributed by atoms with E-state index in [1.165, 1.54) is 11.3 Å². The van der Waals surface area contributed by atoms with Gasteiger partial charge in [0.2, 0.25) is 0 Å². The summed E-state index contributed by atoms with van der Waals surface area (Å²) in [7, 11) is 1.94. The lowest BCUT2D eigenvalue weighted by Crippen LogP contribution is -1.99. The number of thiophene rings is 1. The van der Waals surface area contributed by atoms with Gasteiger partial charge in [-0.1, -0.05) is 42.5 Å². The third kappa shape index (κ3) is 2.69. The monoisotopic (exact) mass is 460 g/mol. The quantitative estimate of drug-likeness (QED) is 0.214. The Morgan fingerprint density at radius 1 is 0.853 bits per heavy atom. The minimum atomic E-state index is -0.223. The second-order valence-corrected chi connectivity index (χ2v) is 9.51. The van der Waals surface area contributed by atoms with Crippen LogP contribution in [0.15, 0.2) is 82.8 Å². The molecule has 0 radical (unpaired) electrons. The molecule has 0 aliphatic heterocycles. The molecule has 34 heavy (non-hydrogen) atoms. The lowest BCUT2D eigenvalue weighted by atomic mass is 10.0. The SMILES string of the molecule is Cn1c(-c2cc3ccccc3o2)nc2sc(C=C3C(=O)c4cc5ccccc5cc4C3=O)cc21. The number of allylic oxidation sites excluding steroid dienone is 1. The van der Waals surface area contributed by atoms with E-state index in [1.54, 1.807) is 6.08 Å². The molecule has 6 heteroatoms. The number of para-hydroxylation sites is 1. The van der Waals surface area contributed by atoms with Crippen LogP contribution in [-0.2, 0) is 7.05 Å². The van der Waals surface area contributed by atoms with Gasteiger partial charge in [0.15, 0.2) is 23.2 Å². The molecule has 3 heterocycles. The first kappa shape index (κ1) is 19.2. The van der Waals surface area contributed by atoms with Crippen molar-refractivity contribution in [2.24, 2.45) is 7.05 Å². The number of carbonyl (C=O) groups is 2. The van der Waals surface area contributed by atoms with E-state index in [0.29, 0.717) is 16.9 Å². The Kier molecular flexibility index (Phi) is 3.87. The fourth-order valence-corrected chi connectivity index (χ4v) is 5.66. The van der Waals surface area contributed by atoms with Crippen molar-refractivity contribution in [3.63, 3.8) is 0 Å². The molecule has 0 unspecified atom stereocenters. The third-order valence-corrected chi connectivity index (χ3v) is 7.36. The van der Waals surface area contributed by atoms with Crippen LogP contribution in [0, 0.1) is 0 Å². The summed E-state index contributed by atoms with van der Waals surface area (Å²) >= 11 is 1.45. The van der Waals surface area contributed by atoms with Crippen molar-refractivity contribution in [3.05, 3.63) is 94.4 Å².